The lowest BCUT2D eigenvalue weighted by Crippen LogP contribution is -2.02. The number of benzene rings is 1. The number of rotatable bonds is 16. The molecule has 0 heterocycles. The SMILES string of the molecule is O=C(O)CCCCCCCCCCCCCNc1ccc(C(=O)O)cc1. The Hall–Kier alpha value is -2.04. The molecule has 0 amide bonds. The van der Waals surface area contributed by atoms with Gasteiger partial charge < -0.3 is 15.5 Å². The van der Waals surface area contributed by atoms with Crippen LogP contribution in [0.3, 0.4) is 0 Å². The van der Waals surface area contributed by atoms with Crippen molar-refractivity contribution in [3.05, 3.63) is 29.8 Å². The molecule has 0 saturated carbocycles. The van der Waals surface area contributed by atoms with E-state index in [0.29, 0.717) is 12.0 Å². The quantitative estimate of drug-likeness (QED) is 0.335. The zero-order chi connectivity index (χ0) is 19.0. The van der Waals surface area contributed by atoms with E-state index in [-0.39, 0.29) is 0 Å². The highest BCUT2D eigenvalue weighted by Crippen LogP contribution is 2.13. The summed E-state index contributed by atoms with van der Waals surface area (Å²) in [6.45, 7) is 0.919. The monoisotopic (exact) mass is 363 g/mol. The summed E-state index contributed by atoms with van der Waals surface area (Å²) in [6.07, 6.45) is 13.3. The van der Waals surface area contributed by atoms with Crippen molar-refractivity contribution in [1.29, 1.82) is 0 Å². The van der Waals surface area contributed by atoms with Gasteiger partial charge in [0.1, 0.15) is 0 Å². The van der Waals surface area contributed by atoms with Crippen LogP contribution in [-0.4, -0.2) is 28.7 Å². The predicted octanol–water partition coefficient (Wildman–Crippen LogP) is 5.56. The first-order chi connectivity index (χ1) is 12.6. The standard InChI is InChI=1S/C21H33NO4/c23-20(24)12-10-8-6-4-2-1-3-5-7-9-11-17-22-19-15-13-18(14-16-19)21(25)26/h13-16,22H,1-12,17H2,(H,23,24)(H,25,26). The Bertz CT molecular complexity index is 513. The lowest BCUT2D eigenvalue weighted by atomic mass is 10.1. The Morgan fingerprint density at radius 1 is 0.692 bits per heavy atom. The first-order valence-electron chi connectivity index (χ1n) is 9.88. The number of hydrogen-bond donors (Lipinski definition) is 3. The number of carbonyl (C=O) groups is 2. The highest BCUT2D eigenvalue weighted by Gasteiger charge is 2.01. The van der Waals surface area contributed by atoms with Crippen LogP contribution in [0.2, 0.25) is 0 Å². The van der Waals surface area contributed by atoms with Gasteiger partial charge in [-0.1, -0.05) is 57.8 Å². The van der Waals surface area contributed by atoms with Crippen molar-refractivity contribution in [2.24, 2.45) is 0 Å². The van der Waals surface area contributed by atoms with Crippen LogP contribution in [0.4, 0.5) is 5.69 Å². The predicted molar refractivity (Wildman–Crippen MR) is 105 cm³/mol. The molecule has 5 heteroatoms. The lowest BCUT2D eigenvalue weighted by Gasteiger charge is -2.07. The van der Waals surface area contributed by atoms with E-state index >= 15 is 0 Å². The number of carboxylic acids is 2. The van der Waals surface area contributed by atoms with Gasteiger partial charge in [0.05, 0.1) is 5.56 Å². The molecular formula is C21H33NO4. The van der Waals surface area contributed by atoms with Crippen LogP contribution in [0, 0.1) is 0 Å². The highest BCUT2D eigenvalue weighted by atomic mass is 16.4. The highest BCUT2D eigenvalue weighted by molar-refractivity contribution is 5.87. The molecular weight excluding hydrogens is 330 g/mol. The summed E-state index contributed by atoms with van der Waals surface area (Å²) in [5, 5.41) is 20.7. The van der Waals surface area contributed by atoms with Crippen molar-refractivity contribution >= 4 is 17.6 Å². The minimum Gasteiger partial charge on any atom is -0.481 e. The topological polar surface area (TPSA) is 86.6 Å². The van der Waals surface area contributed by atoms with Crippen LogP contribution in [0.5, 0.6) is 0 Å². The van der Waals surface area contributed by atoms with E-state index < -0.39 is 11.9 Å². The summed E-state index contributed by atoms with van der Waals surface area (Å²) < 4.78 is 0. The van der Waals surface area contributed by atoms with Crippen molar-refractivity contribution in [2.45, 2.75) is 77.0 Å². The first-order valence-corrected chi connectivity index (χ1v) is 9.88. The summed E-state index contributed by atoms with van der Waals surface area (Å²) in [4.78, 5) is 21.2. The number of hydrogen-bond acceptors (Lipinski definition) is 3. The Kier molecular flexibility index (Phi) is 12.0. The van der Waals surface area contributed by atoms with Crippen molar-refractivity contribution in [1.82, 2.24) is 0 Å². The third-order valence-electron chi connectivity index (χ3n) is 4.53. The Balaban J connectivity index is 1.85. The van der Waals surface area contributed by atoms with Gasteiger partial charge in [-0.15, -0.1) is 0 Å². The molecule has 3 N–H and O–H groups in total. The van der Waals surface area contributed by atoms with Gasteiger partial charge in [0.2, 0.25) is 0 Å². The largest absolute Gasteiger partial charge is 0.481 e. The summed E-state index contributed by atoms with van der Waals surface area (Å²) in [7, 11) is 0. The van der Waals surface area contributed by atoms with Gasteiger partial charge in [-0.25, -0.2) is 4.79 Å². The van der Waals surface area contributed by atoms with Crippen molar-refractivity contribution in [2.75, 3.05) is 11.9 Å². The molecule has 1 rings (SSSR count). The Morgan fingerprint density at radius 2 is 1.15 bits per heavy atom. The summed E-state index contributed by atoms with van der Waals surface area (Å²) in [6, 6.07) is 6.86. The molecule has 0 atom stereocenters. The Morgan fingerprint density at radius 3 is 1.62 bits per heavy atom. The molecule has 0 saturated heterocycles. The molecule has 0 fully saturated rings. The zero-order valence-corrected chi connectivity index (χ0v) is 15.7. The van der Waals surface area contributed by atoms with Gasteiger partial charge in [-0.3, -0.25) is 4.79 Å². The molecule has 0 bridgehead atoms. The van der Waals surface area contributed by atoms with E-state index in [4.69, 9.17) is 10.2 Å². The van der Waals surface area contributed by atoms with Gasteiger partial charge in [-0.05, 0) is 37.1 Å². The molecule has 146 valence electrons. The van der Waals surface area contributed by atoms with Crippen LogP contribution in [0.15, 0.2) is 24.3 Å². The lowest BCUT2D eigenvalue weighted by molar-refractivity contribution is -0.137. The van der Waals surface area contributed by atoms with Crippen molar-refractivity contribution in [3.63, 3.8) is 0 Å². The first kappa shape index (κ1) is 22.0. The molecule has 1 aromatic carbocycles. The second kappa shape index (κ2) is 14.2. The Labute approximate surface area is 156 Å². The minimum atomic E-state index is -0.894. The van der Waals surface area contributed by atoms with Gasteiger partial charge in [0, 0.05) is 18.7 Å². The van der Waals surface area contributed by atoms with E-state index in [1.165, 1.54) is 44.9 Å². The normalized spacial score (nSPS) is 10.6. The van der Waals surface area contributed by atoms with Gasteiger partial charge in [0.25, 0.3) is 0 Å². The molecule has 26 heavy (non-hydrogen) atoms. The number of carboxylic acid groups (broad SMARTS) is 2. The van der Waals surface area contributed by atoms with E-state index in [2.05, 4.69) is 5.32 Å². The van der Waals surface area contributed by atoms with Crippen LogP contribution in [0.1, 0.15) is 87.4 Å². The third-order valence-corrected chi connectivity index (χ3v) is 4.53. The zero-order valence-electron chi connectivity index (χ0n) is 15.7. The summed E-state index contributed by atoms with van der Waals surface area (Å²) in [5.41, 5.74) is 1.29. The number of nitrogens with one attached hydrogen (secondary N) is 1. The van der Waals surface area contributed by atoms with Crippen LogP contribution >= 0.6 is 0 Å². The molecule has 0 aromatic heterocycles. The average Bonchev–Trinajstić information content (AvgIpc) is 2.62. The fourth-order valence-electron chi connectivity index (χ4n) is 2.96. The van der Waals surface area contributed by atoms with E-state index in [9.17, 15) is 9.59 Å². The second-order valence-corrected chi connectivity index (χ2v) is 6.84. The summed E-state index contributed by atoms with van der Waals surface area (Å²) >= 11 is 0. The van der Waals surface area contributed by atoms with Gasteiger partial charge >= 0.3 is 11.9 Å². The number of aromatic carboxylic acids is 1. The molecule has 5 nitrogen and oxygen atoms in total. The van der Waals surface area contributed by atoms with Crippen LogP contribution in [0.25, 0.3) is 0 Å². The van der Waals surface area contributed by atoms with Crippen molar-refractivity contribution < 1.29 is 19.8 Å². The number of aliphatic carboxylic acids is 1. The number of anilines is 1. The number of unbranched alkanes of at least 4 members (excludes halogenated alkanes) is 10. The van der Waals surface area contributed by atoms with Crippen molar-refractivity contribution in [3.8, 4) is 0 Å². The molecule has 0 aliphatic carbocycles. The average molecular weight is 363 g/mol. The van der Waals surface area contributed by atoms with E-state index in [1.54, 1.807) is 12.1 Å². The smallest absolute Gasteiger partial charge is 0.335 e. The molecule has 1 aromatic rings. The van der Waals surface area contributed by atoms with E-state index in [0.717, 1.165) is 37.9 Å². The molecule has 0 radical (unpaired) electrons. The molecule has 0 aliphatic heterocycles. The van der Waals surface area contributed by atoms with E-state index in [1.807, 2.05) is 12.1 Å². The summed E-state index contributed by atoms with van der Waals surface area (Å²) in [5.74, 6) is -1.58. The van der Waals surface area contributed by atoms with Crippen LogP contribution < -0.4 is 5.32 Å². The molecule has 0 unspecified atom stereocenters. The van der Waals surface area contributed by atoms with Crippen LogP contribution in [-0.2, 0) is 4.79 Å². The maximum absolute atomic E-state index is 10.8. The third kappa shape index (κ3) is 11.5. The molecule has 0 aliphatic rings. The minimum absolute atomic E-state index is 0.308. The maximum Gasteiger partial charge on any atom is 0.335 e. The van der Waals surface area contributed by atoms with Gasteiger partial charge in [-0.2, -0.15) is 0 Å². The fourth-order valence-corrected chi connectivity index (χ4v) is 2.96. The second-order valence-electron chi connectivity index (χ2n) is 6.84. The van der Waals surface area contributed by atoms with Gasteiger partial charge in [0.15, 0.2) is 0 Å². The maximum atomic E-state index is 10.8. The molecule has 0 spiro atoms. The fraction of sp³-hybridized carbons (Fsp3) is 0.619.